The van der Waals surface area contributed by atoms with Gasteiger partial charge in [0.1, 0.15) is 5.75 Å². The number of phenols is 1. The largest absolute Gasteiger partial charge is 0.508 e. The van der Waals surface area contributed by atoms with Gasteiger partial charge in [-0.3, -0.25) is 4.90 Å². The van der Waals surface area contributed by atoms with Crippen LogP contribution in [0.3, 0.4) is 0 Å². The molecule has 1 N–H and O–H groups in total. The van der Waals surface area contributed by atoms with Crippen LogP contribution in [0.4, 0.5) is 0 Å². The van der Waals surface area contributed by atoms with Gasteiger partial charge in [0.05, 0.1) is 0 Å². The summed E-state index contributed by atoms with van der Waals surface area (Å²) >= 11 is 0. The van der Waals surface area contributed by atoms with Gasteiger partial charge in [-0.05, 0) is 44.0 Å². The van der Waals surface area contributed by atoms with Crippen molar-refractivity contribution >= 4 is 0 Å². The Morgan fingerprint density at radius 3 is 2.69 bits per heavy atom. The summed E-state index contributed by atoms with van der Waals surface area (Å²) in [6.45, 7) is 4.55. The number of aromatic hydroxyl groups is 1. The Morgan fingerprint density at radius 2 is 1.94 bits per heavy atom. The molecule has 0 amide bonds. The molecule has 0 spiro atoms. The lowest BCUT2D eigenvalue weighted by molar-refractivity contribution is 0.205. The van der Waals surface area contributed by atoms with Crippen LogP contribution in [-0.4, -0.2) is 22.6 Å². The zero-order chi connectivity index (χ0) is 11.4. The minimum atomic E-state index is 0.354. The fourth-order valence-electron chi connectivity index (χ4n) is 2.41. The molecule has 1 fully saturated rings. The van der Waals surface area contributed by atoms with E-state index in [4.69, 9.17) is 0 Å². The van der Waals surface area contributed by atoms with E-state index < -0.39 is 0 Å². The molecule has 0 bridgehead atoms. The summed E-state index contributed by atoms with van der Waals surface area (Å²) in [5.41, 5.74) is 1.30. The van der Waals surface area contributed by atoms with Crippen molar-refractivity contribution in [3.8, 4) is 5.75 Å². The number of likely N-dealkylation sites (tertiary alicyclic amines) is 1. The van der Waals surface area contributed by atoms with Crippen molar-refractivity contribution in [3.63, 3.8) is 0 Å². The van der Waals surface area contributed by atoms with Crippen LogP contribution in [0.5, 0.6) is 5.75 Å². The number of nitrogens with zero attached hydrogens (tertiary/aromatic N) is 1. The molecule has 0 aromatic heterocycles. The number of benzene rings is 1. The maximum Gasteiger partial charge on any atom is 0.115 e. The van der Waals surface area contributed by atoms with Gasteiger partial charge in [-0.25, -0.2) is 0 Å². The predicted molar refractivity (Wildman–Crippen MR) is 66.4 cm³/mol. The second-order valence-electron chi connectivity index (χ2n) is 4.84. The third-order valence-electron chi connectivity index (χ3n) is 3.51. The number of hydrogen-bond donors (Lipinski definition) is 1. The van der Waals surface area contributed by atoms with Crippen LogP contribution < -0.4 is 0 Å². The second-order valence-corrected chi connectivity index (χ2v) is 4.84. The first-order valence-corrected chi connectivity index (χ1v) is 6.27. The maximum atomic E-state index is 9.25. The van der Waals surface area contributed by atoms with Crippen molar-refractivity contribution in [1.82, 2.24) is 4.90 Å². The monoisotopic (exact) mass is 219 g/mol. The van der Waals surface area contributed by atoms with Crippen LogP contribution in [0.15, 0.2) is 24.3 Å². The Kier molecular flexibility index (Phi) is 3.83. The summed E-state index contributed by atoms with van der Waals surface area (Å²) in [7, 11) is 0. The van der Waals surface area contributed by atoms with Crippen LogP contribution >= 0.6 is 0 Å². The van der Waals surface area contributed by atoms with Crippen molar-refractivity contribution in [2.75, 3.05) is 6.54 Å². The lowest BCUT2D eigenvalue weighted by atomic mass is 10.1. The molecule has 1 saturated heterocycles. The Balaban J connectivity index is 1.99. The smallest absolute Gasteiger partial charge is 0.115 e. The van der Waals surface area contributed by atoms with Gasteiger partial charge in [-0.2, -0.15) is 0 Å². The fraction of sp³-hybridized carbons (Fsp3) is 0.571. The number of rotatable bonds is 2. The zero-order valence-corrected chi connectivity index (χ0v) is 10.0. The van der Waals surface area contributed by atoms with Crippen molar-refractivity contribution in [2.24, 2.45) is 0 Å². The van der Waals surface area contributed by atoms with E-state index in [2.05, 4.69) is 11.8 Å². The van der Waals surface area contributed by atoms with Crippen molar-refractivity contribution in [1.29, 1.82) is 0 Å². The topological polar surface area (TPSA) is 23.5 Å². The Bertz CT molecular complexity index is 320. The highest BCUT2D eigenvalue weighted by molar-refractivity contribution is 5.25. The van der Waals surface area contributed by atoms with Gasteiger partial charge < -0.3 is 5.11 Å². The zero-order valence-electron chi connectivity index (χ0n) is 10.0. The van der Waals surface area contributed by atoms with Crippen molar-refractivity contribution in [3.05, 3.63) is 29.8 Å². The van der Waals surface area contributed by atoms with Gasteiger partial charge in [0.25, 0.3) is 0 Å². The molecule has 2 rings (SSSR count). The molecule has 2 nitrogen and oxygen atoms in total. The van der Waals surface area contributed by atoms with E-state index in [1.54, 1.807) is 12.1 Å². The van der Waals surface area contributed by atoms with Crippen molar-refractivity contribution < 1.29 is 5.11 Å². The molecule has 1 atom stereocenters. The normalized spacial score (nSPS) is 22.9. The van der Waals surface area contributed by atoms with Crippen LogP contribution in [-0.2, 0) is 6.54 Å². The standard InChI is InChI=1S/C14H21NO/c1-12-5-3-2-4-10-15(12)11-13-6-8-14(16)9-7-13/h6-9,12,16H,2-5,10-11H2,1H3. The fourth-order valence-corrected chi connectivity index (χ4v) is 2.41. The molecule has 1 aromatic carbocycles. The molecule has 1 aliphatic rings. The molecule has 16 heavy (non-hydrogen) atoms. The first-order valence-electron chi connectivity index (χ1n) is 6.27. The Morgan fingerprint density at radius 1 is 1.19 bits per heavy atom. The van der Waals surface area contributed by atoms with Crippen LogP contribution in [0, 0.1) is 0 Å². The number of hydrogen-bond acceptors (Lipinski definition) is 2. The van der Waals surface area contributed by atoms with Gasteiger partial charge >= 0.3 is 0 Å². The van der Waals surface area contributed by atoms with E-state index in [-0.39, 0.29) is 0 Å². The second kappa shape index (κ2) is 5.35. The molecular weight excluding hydrogens is 198 g/mol. The molecule has 1 aliphatic heterocycles. The number of phenolic OH excluding ortho intramolecular Hbond substituents is 1. The molecular formula is C14H21NO. The summed E-state index contributed by atoms with van der Waals surface area (Å²) in [5.74, 6) is 0.354. The van der Waals surface area contributed by atoms with Crippen LogP contribution in [0.25, 0.3) is 0 Å². The summed E-state index contributed by atoms with van der Waals surface area (Å²) in [6.07, 6.45) is 5.38. The lowest BCUT2D eigenvalue weighted by Crippen LogP contribution is -2.31. The van der Waals surface area contributed by atoms with Crippen molar-refractivity contribution in [2.45, 2.75) is 45.2 Å². The Hall–Kier alpha value is -1.02. The molecule has 0 aliphatic carbocycles. The first kappa shape index (κ1) is 11.5. The SMILES string of the molecule is CC1CCCCCN1Cc1ccc(O)cc1. The average molecular weight is 219 g/mol. The third-order valence-corrected chi connectivity index (χ3v) is 3.51. The first-order chi connectivity index (χ1) is 7.75. The van der Waals surface area contributed by atoms with E-state index in [0.29, 0.717) is 11.8 Å². The predicted octanol–water partition coefficient (Wildman–Crippen LogP) is 3.16. The summed E-state index contributed by atoms with van der Waals surface area (Å²) in [5, 5.41) is 9.25. The van der Waals surface area contributed by atoms with Crippen LogP contribution in [0.2, 0.25) is 0 Å². The average Bonchev–Trinajstić information content (AvgIpc) is 2.48. The minimum Gasteiger partial charge on any atom is -0.508 e. The molecule has 1 aromatic rings. The quantitative estimate of drug-likeness (QED) is 0.826. The van der Waals surface area contributed by atoms with E-state index >= 15 is 0 Å². The van der Waals surface area contributed by atoms with Gasteiger partial charge in [0, 0.05) is 12.6 Å². The maximum absolute atomic E-state index is 9.25. The molecule has 0 radical (unpaired) electrons. The Labute approximate surface area is 97.9 Å². The van der Waals surface area contributed by atoms with Gasteiger partial charge in [-0.15, -0.1) is 0 Å². The van der Waals surface area contributed by atoms with E-state index in [1.165, 1.54) is 37.8 Å². The van der Waals surface area contributed by atoms with Gasteiger partial charge in [0.2, 0.25) is 0 Å². The molecule has 0 saturated carbocycles. The molecule has 1 unspecified atom stereocenters. The molecule has 88 valence electrons. The summed E-state index contributed by atoms with van der Waals surface area (Å²) in [6, 6.07) is 8.28. The third kappa shape index (κ3) is 2.99. The molecule has 1 heterocycles. The minimum absolute atomic E-state index is 0.354. The lowest BCUT2D eigenvalue weighted by Gasteiger charge is -2.26. The highest BCUT2D eigenvalue weighted by Gasteiger charge is 2.16. The highest BCUT2D eigenvalue weighted by Crippen LogP contribution is 2.19. The summed E-state index contributed by atoms with van der Waals surface area (Å²) < 4.78 is 0. The van der Waals surface area contributed by atoms with Gasteiger partial charge in [-0.1, -0.05) is 25.0 Å². The van der Waals surface area contributed by atoms with E-state index in [9.17, 15) is 5.11 Å². The summed E-state index contributed by atoms with van der Waals surface area (Å²) in [4.78, 5) is 2.55. The highest BCUT2D eigenvalue weighted by atomic mass is 16.3. The van der Waals surface area contributed by atoms with Gasteiger partial charge in [0.15, 0.2) is 0 Å². The van der Waals surface area contributed by atoms with Crippen LogP contribution in [0.1, 0.15) is 38.2 Å². The molecule has 2 heteroatoms. The van der Waals surface area contributed by atoms with E-state index in [0.717, 1.165) is 6.54 Å². The van der Waals surface area contributed by atoms with E-state index in [1.807, 2.05) is 12.1 Å².